The number of carbonyl (C=O) groups is 2. The molecule has 2 aromatic rings. The first-order valence-corrected chi connectivity index (χ1v) is 11.9. The summed E-state index contributed by atoms with van der Waals surface area (Å²) >= 11 is 3.19. The zero-order valence-corrected chi connectivity index (χ0v) is 20.0. The molecule has 2 amide bonds. The normalized spacial score (nSPS) is 13.4. The Kier molecular flexibility index (Phi) is 8.73. The lowest BCUT2D eigenvalue weighted by Gasteiger charge is -2.34. The van der Waals surface area contributed by atoms with E-state index < -0.39 is 23.5 Å². The predicted octanol–water partition coefficient (Wildman–Crippen LogP) is 6.38. The molecule has 0 aliphatic rings. The third kappa shape index (κ3) is 8.36. The second-order valence-corrected chi connectivity index (χ2v) is 10.4. The predicted molar refractivity (Wildman–Crippen MR) is 122 cm³/mol. The molecule has 2 aromatic heterocycles. The third-order valence-corrected chi connectivity index (χ3v) is 5.92. The number of unbranched alkanes of at least 4 members (excludes halogenated alkanes) is 1. The lowest BCUT2D eigenvalue weighted by atomic mass is 10.1. The van der Waals surface area contributed by atoms with Crippen LogP contribution in [0.4, 0.5) is 9.59 Å². The summed E-state index contributed by atoms with van der Waals surface area (Å²) in [6.07, 6.45) is 1.15. The van der Waals surface area contributed by atoms with Crippen molar-refractivity contribution in [2.24, 2.45) is 0 Å². The van der Waals surface area contributed by atoms with Gasteiger partial charge < -0.3 is 9.47 Å². The molecule has 2 heterocycles. The number of ether oxygens (including phenoxy) is 2. The molecular weight excluding hydrogens is 420 g/mol. The summed E-state index contributed by atoms with van der Waals surface area (Å²) < 4.78 is 11.2. The van der Waals surface area contributed by atoms with Crippen LogP contribution in [0, 0.1) is 0 Å². The maximum atomic E-state index is 13.2. The van der Waals surface area contributed by atoms with E-state index in [2.05, 4.69) is 12.2 Å². The molecule has 1 atom stereocenters. The summed E-state index contributed by atoms with van der Waals surface area (Å²) in [7, 11) is 0. The van der Waals surface area contributed by atoms with E-state index in [0.717, 1.165) is 22.6 Å². The molecule has 8 heteroatoms. The molecule has 0 aliphatic carbocycles. The summed E-state index contributed by atoms with van der Waals surface area (Å²) in [5.41, 5.74) is -1.79. The summed E-state index contributed by atoms with van der Waals surface area (Å²) in [4.78, 5) is 29.3. The molecule has 2 rings (SSSR count). The minimum absolute atomic E-state index is 0.449. The van der Waals surface area contributed by atoms with Crippen molar-refractivity contribution in [2.75, 3.05) is 0 Å². The third-order valence-electron chi connectivity index (χ3n) is 4.20. The van der Waals surface area contributed by atoms with Crippen LogP contribution in [0.15, 0.2) is 35.0 Å². The molecule has 0 spiro atoms. The lowest BCUT2D eigenvalue weighted by Crippen LogP contribution is -2.52. The fraction of sp³-hybridized carbons (Fsp3) is 0.545. The van der Waals surface area contributed by atoms with Gasteiger partial charge in [-0.2, -0.15) is 0 Å². The average molecular weight is 453 g/mol. The van der Waals surface area contributed by atoms with Crippen LogP contribution in [0.5, 0.6) is 0 Å². The highest BCUT2D eigenvalue weighted by atomic mass is 32.1. The van der Waals surface area contributed by atoms with Crippen LogP contribution in [0.25, 0.3) is 0 Å². The van der Waals surface area contributed by atoms with Crippen LogP contribution in [-0.2, 0) is 22.6 Å². The number of nitrogens with zero attached hydrogens (tertiary/aromatic N) is 1. The summed E-state index contributed by atoms with van der Waals surface area (Å²) in [5.74, 6) is 0. The molecule has 0 saturated heterocycles. The van der Waals surface area contributed by atoms with Crippen LogP contribution in [0.3, 0.4) is 0 Å². The van der Waals surface area contributed by atoms with Gasteiger partial charge in [-0.3, -0.25) is 10.2 Å². The number of carbonyl (C=O) groups excluding carboxylic acids is 2. The molecule has 0 fully saturated rings. The lowest BCUT2D eigenvalue weighted by molar-refractivity contribution is -0.0364. The van der Waals surface area contributed by atoms with Crippen LogP contribution in [0.2, 0.25) is 0 Å². The topological polar surface area (TPSA) is 67.9 Å². The van der Waals surface area contributed by atoms with Gasteiger partial charge in [0.2, 0.25) is 0 Å². The van der Waals surface area contributed by atoms with Crippen molar-refractivity contribution in [1.29, 1.82) is 0 Å². The van der Waals surface area contributed by atoms with Crippen LogP contribution >= 0.6 is 22.7 Å². The highest BCUT2D eigenvalue weighted by Crippen LogP contribution is 2.23. The fourth-order valence-electron chi connectivity index (χ4n) is 2.80. The minimum Gasteiger partial charge on any atom is -0.444 e. The molecule has 0 unspecified atom stereocenters. The van der Waals surface area contributed by atoms with Gasteiger partial charge in [0.15, 0.2) is 5.72 Å². The zero-order valence-electron chi connectivity index (χ0n) is 18.4. The van der Waals surface area contributed by atoms with E-state index >= 15 is 0 Å². The number of hydrogen-bond donors (Lipinski definition) is 1. The number of amides is 2. The fourth-order valence-corrected chi connectivity index (χ4v) is 4.24. The Morgan fingerprint density at radius 3 is 2.00 bits per heavy atom. The molecule has 0 radical (unpaired) electrons. The van der Waals surface area contributed by atoms with Crippen molar-refractivity contribution in [2.45, 2.75) is 78.3 Å². The van der Waals surface area contributed by atoms with Gasteiger partial charge in [0.25, 0.3) is 0 Å². The van der Waals surface area contributed by atoms with Crippen molar-refractivity contribution < 1.29 is 19.1 Å². The van der Waals surface area contributed by atoms with Crippen LogP contribution in [-0.4, -0.2) is 28.4 Å². The molecule has 6 nitrogen and oxygen atoms in total. The SMILES string of the molecule is CCCC[C@@](C)(NC(=O)OC(C)(C)C)OC(=O)N(Cc1cccs1)Cc1cccs1. The van der Waals surface area contributed by atoms with Gasteiger partial charge in [-0.05, 0) is 57.0 Å². The Morgan fingerprint density at radius 1 is 1.00 bits per heavy atom. The number of rotatable bonds is 9. The molecule has 1 N–H and O–H groups in total. The number of thiophene rings is 2. The Hall–Kier alpha value is -2.06. The molecule has 0 saturated carbocycles. The van der Waals surface area contributed by atoms with E-state index in [9.17, 15) is 9.59 Å². The van der Waals surface area contributed by atoms with Crippen molar-refractivity contribution in [3.05, 3.63) is 44.8 Å². The van der Waals surface area contributed by atoms with Crippen molar-refractivity contribution in [1.82, 2.24) is 10.2 Å². The molecular formula is C22H32N2O4S2. The van der Waals surface area contributed by atoms with E-state index in [1.165, 1.54) is 0 Å². The first kappa shape index (κ1) is 24.2. The number of nitrogens with one attached hydrogen (secondary N) is 1. The first-order valence-electron chi connectivity index (χ1n) is 10.1. The average Bonchev–Trinajstić information content (AvgIpc) is 3.31. The smallest absolute Gasteiger partial charge is 0.412 e. The summed E-state index contributed by atoms with van der Waals surface area (Å²) in [6, 6.07) is 7.91. The monoisotopic (exact) mass is 452 g/mol. The van der Waals surface area contributed by atoms with E-state index in [4.69, 9.17) is 9.47 Å². The van der Waals surface area contributed by atoms with Crippen molar-refractivity contribution >= 4 is 34.9 Å². The maximum Gasteiger partial charge on any atom is 0.412 e. The van der Waals surface area contributed by atoms with Gasteiger partial charge in [-0.1, -0.05) is 25.5 Å². The Bertz CT molecular complexity index is 748. The maximum absolute atomic E-state index is 13.2. The van der Waals surface area contributed by atoms with Gasteiger partial charge in [0.1, 0.15) is 5.60 Å². The minimum atomic E-state index is -1.15. The van der Waals surface area contributed by atoms with Crippen molar-refractivity contribution in [3.8, 4) is 0 Å². The number of alkyl carbamates (subject to hydrolysis) is 1. The molecule has 166 valence electrons. The molecule has 0 bridgehead atoms. The highest BCUT2D eigenvalue weighted by Gasteiger charge is 2.34. The van der Waals surface area contributed by atoms with Gasteiger partial charge in [0, 0.05) is 16.2 Å². The van der Waals surface area contributed by atoms with E-state index in [-0.39, 0.29) is 0 Å². The van der Waals surface area contributed by atoms with E-state index in [1.807, 2.05) is 35.0 Å². The van der Waals surface area contributed by atoms with Gasteiger partial charge in [-0.15, -0.1) is 22.7 Å². The second-order valence-electron chi connectivity index (χ2n) is 8.34. The van der Waals surface area contributed by atoms with E-state index in [0.29, 0.717) is 19.5 Å². The van der Waals surface area contributed by atoms with Gasteiger partial charge in [-0.25, -0.2) is 9.59 Å². The Labute approximate surface area is 187 Å². The zero-order chi connectivity index (χ0) is 22.2. The van der Waals surface area contributed by atoms with Crippen LogP contribution < -0.4 is 5.32 Å². The highest BCUT2D eigenvalue weighted by molar-refractivity contribution is 7.10. The molecule has 30 heavy (non-hydrogen) atoms. The summed E-state index contributed by atoms with van der Waals surface area (Å²) in [6.45, 7) is 10.1. The molecule has 0 aromatic carbocycles. The Balaban J connectivity index is 2.14. The van der Waals surface area contributed by atoms with Gasteiger partial charge in [0.05, 0.1) is 13.1 Å². The summed E-state index contributed by atoms with van der Waals surface area (Å²) in [5, 5.41) is 6.73. The second kappa shape index (κ2) is 10.8. The standard InChI is InChI=1S/C22H32N2O4S2/c1-6-7-12-22(5,23-19(25)27-21(2,3)4)28-20(26)24(15-17-10-8-13-29-17)16-18-11-9-14-30-18/h8-11,13-14H,6-7,12,15-16H2,1-5H3,(H,23,25)/t22-/m0/s1. The van der Waals surface area contributed by atoms with Gasteiger partial charge >= 0.3 is 12.2 Å². The van der Waals surface area contributed by atoms with Crippen molar-refractivity contribution in [3.63, 3.8) is 0 Å². The van der Waals surface area contributed by atoms with Crippen LogP contribution in [0.1, 0.15) is 63.6 Å². The quantitative estimate of drug-likeness (QED) is 0.448. The largest absolute Gasteiger partial charge is 0.444 e. The number of hydrogen-bond acceptors (Lipinski definition) is 6. The van der Waals surface area contributed by atoms with E-state index in [1.54, 1.807) is 55.3 Å². The first-order chi connectivity index (χ1) is 14.1. The Morgan fingerprint density at radius 2 is 1.57 bits per heavy atom. The molecule has 0 aliphatic heterocycles.